The Kier molecular flexibility index (Phi) is 6.99. The molecule has 0 saturated heterocycles. The van der Waals surface area contributed by atoms with Gasteiger partial charge in [-0.2, -0.15) is 0 Å². The van der Waals surface area contributed by atoms with E-state index in [2.05, 4.69) is 37.3 Å². The molecule has 1 aliphatic carbocycles. The summed E-state index contributed by atoms with van der Waals surface area (Å²) in [5, 5.41) is 9.19. The van der Waals surface area contributed by atoms with Crippen molar-refractivity contribution in [3.05, 3.63) is 41.7 Å². The molecule has 1 aliphatic rings. The molecule has 0 fully saturated rings. The second kappa shape index (κ2) is 9.00. The Morgan fingerprint density at radius 1 is 1.23 bits per heavy atom. The number of hydrogen-bond donors (Lipinski definition) is 0. The van der Waals surface area contributed by atoms with Gasteiger partial charge in [-0.25, -0.2) is 0 Å². The third-order valence-corrected chi connectivity index (χ3v) is 6.57. The molecule has 0 N–H and O–H groups in total. The molecule has 0 radical (unpaired) electrons. The van der Waals surface area contributed by atoms with Crippen LogP contribution in [0.4, 0.5) is 0 Å². The van der Waals surface area contributed by atoms with Crippen molar-refractivity contribution in [3.8, 4) is 6.07 Å². The van der Waals surface area contributed by atoms with E-state index in [9.17, 15) is 5.26 Å². The van der Waals surface area contributed by atoms with Gasteiger partial charge < -0.3 is 0 Å². The Labute approximate surface area is 139 Å². The molecular weight excluding hydrogens is 341 g/mol. The number of nitriles is 1. The third kappa shape index (κ3) is 4.61. The molecule has 0 bridgehead atoms. The molecule has 3 nitrogen and oxygen atoms in total. The molecule has 22 heavy (non-hydrogen) atoms. The molecule has 0 heterocycles. The summed E-state index contributed by atoms with van der Waals surface area (Å²) in [5.41, 5.74) is 0.798. The standard InChI is InChI=1S/C18H23NO2Se/c1-3-17(22-15-10-6-5-7-11-15)18(20-4-2)21-16-12-8-9-14(16)13-19/h5-7,10-11,17-18H,3-4,8-9,12H2,1-2H3. The number of allylic oxidation sites excluding steroid dienone is 2. The summed E-state index contributed by atoms with van der Waals surface area (Å²) < 4.78 is 13.4. The normalized spacial score (nSPS) is 17.1. The molecular formula is C18H23NO2Se. The molecule has 0 spiro atoms. The molecule has 0 saturated carbocycles. The van der Waals surface area contributed by atoms with Gasteiger partial charge in [0.1, 0.15) is 0 Å². The van der Waals surface area contributed by atoms with Gasteiger partial charge in [0.15, 0.2) is 0 Å². The molecule has 2 rings (SSSR count). The maximum absolute atomic E-state index is 9.19. The Morgan fingerprint density at radius 2 is 2.00 bits per heavy atom. The monoisotopic (exact) mass is 365 g/mol. The number of nitrogens with zero attached hydrogens (tertiary/aromatic N) is 1. The van der Waals surface area contributed by atoms with Crippen molar-refractivity contribution in [1.29, 1.82) is 5.26 Å². The van der Waals surface area contributed by atoms with Gasteiger partial charge in [0.05, 0.1) is 0 Å². The minimum atomic E-state index is -0.244. The Hall–Kier alpha value is -1.27. The van der Waals surface area contributed by atoms with Crippen molar-refractivity contribution in [3.63, 3.8) is 0 Å². The number of rotatable bonds is 8. The topological polar surface area (TPSA) is 42.2 Å². The van der Waals surface area contributed by atoms with Crippen molar-refractivity contribution < 1.29 is 9.47 Å². The molecule has 2 unspecified atom stereocenters. The van der Waals surface area contributed by atoms with Crippen LogP contribution in [-0.4, -0.2) is 27.9 Å². The second-order valence-corrected chi connectivity index (χ2v) is 7.94. The molecule has 1 aromatic carbocycles. The van der Waals surface area contributed by atoms with Gasteiger partial charge >= 0.3 is 139 Å². The SMILES string of the molecule is CCOC(OC1=C(C#N)CCC1)C(CC)[Se]c1ccccc1. The van der Waals surface area contributed by atoms with E-state index in [1.807, 2.05) is 13.0 Å². The van der Waals surface area contributed by atoms with Gasteiger partial charge in [-0.05, 0) is 0 Å². The van der Waals surface area contributed by atoms with Crippen molar-refractivity contribution in [2.45, 2.75) is 50.6 Å². The van der Waals surface area contributed by atoms with Crippen molar-refractivity contribution in [2.75, 3.05) is 6.61 Å². The summed E-state index contributed by atoms with van der Waals surface area (Å²) in [5.74, 6) is 0.850. The fourth-order valence-electron chi connectivity index (χ4n) is 2.49. The Morgan fingerprint density at radius 3 is 2.64 bits per heavy atom. The number of benzene rings is 1. The zero-order valence-electron chi connectivity index (χ0n) is 13.2. The van der Waals surface area contributed by atoms with E-state index in [4.69, 9.17) is 9.47 Å². The minimum absolute atomic E-state index is 0.244. The summed E-state index contributed by atoms with van der Waals surface area (Å²) in [4.78, 5) is 0.350. The first-order valence-electron chi connectivity index (χ1n) is 7.90. The van der Waals surface area contributed by atoms with E-state index in [0.717, 1.165) is 37.0 Å². The molecule has 4 heteroatoms. The maximum atomic E-state index is 9.19. The fraction of sp³-hybridized carbons (Fsp3) is 0.500. The number of ether oxygens (including phenoxy) is 2. The second-order valence-electron chi connectivity index (χ2n) is 5.19. The van der Waals surface area contributed by atoms with Gasteiger partial charge in [0.25, 0.3) is 0 Å². The zero-order valence-corrected chi connectivity index (χ0v) is 15.0. The van der Waals surface area contributed by atoms with E-state index in [0.29, 0.717) is 26.4 Å². The van der Waals surface area contributed by atoms with Crippen LogP contribution in [0.15, 0.2) is 41.7 Å². The average Bonchev–Trinajstić information content (AvgIpc) is 3.00. The van der Waals surface area contributed by atoms with Crippen molar-refractivity contribution in [1.82, 2.24) is 0 Å². The predicted octanol–water partition coefficient (Wildman–Crippen LogP) is 3.56. The van der Waals surface area contributed by atoms with Crippen LogP contribution in [0.2, 0.25) is 4.82 Å². The van der Waals surface area contributed by atoms with Crippen LogP contribution in [-0.2, 0) is 9.47 Å². The summed E-state index contributed by atoms with van der Waals surface area (Å²) >= 11 is 0.293. The molecule has 0 aromatic heterocycles. The van der Waals surface area contributed by atoms with E-state index in [1.165, 1.54) is 4.46 Å². The van der Waals surface area contributed by atoms with Crippen LogP contribution in [0.25, 0.3) is 0 Å². The van der Waals surface area contributed by atoms with Gasteiger partial charge in [-0.15, -0.1) is 0 Å². The third-order valence-electron chi connectivity index (χ3n) is 3.63. The Bertz CT molecular complexity index is 536. The quantitative estimate of drug-likeness (QED) is 0.523. The Balaban J connectivity index is 2.09. The average molecular weight is 364 g/mol. The molecule has 0 amide bonds. The first-order chi connectivity index (χ1) is 10.8. The fourth-order valence-corrected chi connectivity index (χ4v) is 4.75. The summed E-state index contributed by atoms with van der Waals surface area (Å²) in [6.45, 7) is 4.80. The zero-order chi connectivity index (χ0) is 15.8. The molecule has 118 valence electrons. The van der Waals surface area contributed by atoms with Crippen LogP contribution in [0.5, 0.6) is 0 Å². The predicted molar refractivity (Wildman–Crippen MR) is 88.9 cm³/mol. The van der Waals surface area contributed by atoms with Crippen LogP contribution in [0.1, 0.15) is 39.5 Å². The summed E-state index contributed by atoms with van der Waals surface area (Å²) in [7, 11) is 0. The molecule has 2 atom stereocenters. The van der Waals surface area contributed by atoms with Crippen molar-refractivity contribution in [2.24, 2.45) is 0 Å². The summed E-state index contributed by atoms with van der Waals surface area (Å²) in [6, 6.07) is 12.8. The van der Waals surface area contributed by atoms with Crippen LogP contribution in [0, 0.1) is 11.3 Å². The first-order valence-corrected chi connectivity index (χ1v) is 9.75. The van der Waals surface area contributed by atoms with E-state index in [-0.39, 0.29) is 6.29 Å². The van der Waals surface area contributed by atoms with Gasteiger partial charge in [0.2, 0.25) is 0 Å². The van der Waals surface area contributed by atoms with Gasteiger partial charge in [0, 0.05) is 0 Å². The van der Waals surface area contributed by atoms with Gasteiger partial charge in [-0.3, -0.25) is 0 Å². The first kappa shape index (κ1) is 17.1. The molecule has 1 aromatic rings. The molecule has 0 aliphatic heterocycles. The van der Waals surface area contributed by atoms with E-state index >= 15 is 0 Å². The number of hydrogen-bond acceptors (Lipinski definition) is 3. The van der Waals surface area contributed by atoms with Crippen molar-refractivity contribution >= 4 is 19.4 Å². The van der Waals surface area contributed by atoms with Crippen LogP contribution < -0.4 is 4.46 Å². The van der Waals surface area contributed by atoms with Crippen LogP contribution in [0.3, 0.4) is 0 Å². The van der Waals surface area contributed by atoms with E-state index < -0.39 is 0 Å². The van der Waals surface area contributed by atoms with Crippen LogP contribution >= 0.6 is 0 Å². The summed E-state index contributed by atoms with van der Waals surface area (Å²) in [6.07, 6.45) is 3.48. The van der Waals surface area contributed by atoms with Gasteiger partial charge in [-0.1, -0.05) is 0 Å². The van der Waals surface area contributed by atoms with E-state index in [1.54, 1.807) is 0 Å².